The third kappa shape index (κ3) is 2.19. The van der Waals surface area contributed by atoms with E-state index in [4.69, 9.17) is 15.3 Å². The van der Waals surface area contributed by atoms with Crippen LogP contribution in [0.4, 0.5) is 5.82 Å². The van der Waals surface area contributed by atoms with Crippen molar-refractivity contribution in [2.45, 2.75) is 38.9 Å². The van der Waals surface area contributed by atoms with Crippen LogP contribution in [0.2, 0.25) is 0 Å². The number of methoxy groups -OCH3 is 1. The molecule has 0 spiro atoms. The van der Waals surface area contributed by atoms with Gasteiger partial charge in [0, 0.05) is 19.1 Å². The Balaban J connectivity index is 2.50. The number of nitrogens with one attached hydrogen (secondary N) is 1. The highest BCUT2D eigenvalue weighted by Gasteiger charge is 2.30. The standard InChI is InChI=1S/C12H20N4O2/c1-4-12(2,17-3)11-14-9-5-6-18-7-8(9)10(15-11)16-13/h4-7,13H2,1-3H3,(H,14,15,16). The number of rotatable bonds is 4. The quantitative estimate of drug-likeness (QED) is 0.617. The lowest BCUT2D eigenvalue weighted by molar-refractivity contribution is -0.00943. The van der Waals surface area contributed by atoms with Crippen molar-refractivity contribution in [3.63, 3.8) is 0 Å². The molecule has 6 heteroatoms. The summed E-state index contributed by atoms with van der Waals surface area (Å²) in [7, 11) is 1.67. The fourth-order valence-corrected chi connectivity index (χ4v) is 1.98. The first kappa shape index (κ1) is 13.2. The first-order valence-corrected chi connectivity index (χ1v) is 6.14. The average Bonchev–Trinajstić information content (AvgIpc) is 2.45. The number of aromatic nitrogens is 2. The fraction of sp³-hybridized carbons (Fsp3) is 0.667. The highest BCUT2D eigenvalue weighted by molar-refractivity contribution is 5.46. The molecule has 100 valence electrons. The molecule has 2 heterocycles. The van der Waals surface area contributed by atoms with Crippen LogP contribution in [0.3, 0.4) is 0 Å². The molecule has 0 aromatic carbocycles. The summed E-state index contributed by atoms with van der Waals surface area (Å²) >= 11 is 0. The van der Waals surface area contributed by atoms with Crippen LogP contribution < -0.4 is 11.3 Å². The Labute approximate surface area is 107 Å². The lowest BCUT2D eigenvalue weighted by atomic mass is 10.0. The van der Waals surface area contributed by atoms with Gasteiger partial charge in [-0.2, -0.15) is 0 Å². The van der Waals surface area contributed by atoms with Crippen molar-refractivity contribution in [2.24, 2.45) is 5.84 Å². The zero-order valence-corrected chi connectivity index (χ0v) is 11.1. The Hall–Kier alpha value is -1.24. The molecule has 0 saturated carbocycles. The average molecular weight is 252 g/mol. The number of hydrogen-bond acceptors (Lipinski definition) is 6. The van der Waals surface area contributed by atoms with Gasteiger partial charge in [-0.05, 0) is 13.3 Å². The van der Waals surface area contributed by atoms with Crippen molar-refractivity contribution in [3.8, 4) is 0 Å². The first-order chi connectivity index (χ1) is 8.64. The van der Waals surface area contributed by atoms with Crippen molar-refractivity contribution in [1.82, 2.24) is 9.97 Å². The third-order valence-electron chi connectivity index (χ3n) is 3.56. The second-order valence-corrected chi connectivity index (χ2v) is 4.56. The maximum atomic E-state index is 5.54. The summed E-state index contributed by atoms with van der Waals surface area (Å²) < 4.78 is 10.9. The maximum absolute atomic E-state index is 5.54. The number of hydrogen-bond donors (Lipinski definition) is 2. The Morgan fingerprint density at radius 1 is 1.50 bits per heavy atom. The van der Waals surface area contributed by atoms with E-state index in [1.807, 2.05) is 13.8 Å². The van der Waals surface area contributed by atoms with Crippen LogP contribution in [0, 0.1) is 0 Å². The number of nitrogen functional groups attached to an aromatic ring is 1. The Kier molecular flexibility index (Phi) is 3.79. The van der Waals surface area contributed by atoms with E-state index in [0.717, 1.165) is 24.1 Å². The van der Waals surface area contributed by atoms with Gasteiger partial charge in [0.15, 0.2) is 5.82 Å². The van der Waals surface area contributed by atoms with Gasteiger partial charge in [-0.3, -0.25) is 0 Å². The van der Waals surface area contributed by atoms with Gasteiger partial charge < -0.3 is 14.9 Å². The molecule has 1 aliphatic heterocycles. The maximum Gasteiger partial charge on any atom is 0.162 e. The molecule has 0 radical (unpaired) electrons. The van der Waals surface area contributed by atoms with Gasteiger partial charge >= 0.3 is 0 Å². The minimum Gasteiger partial charge on any atom is -0.376 e. The van der Waals surface area contributed by atoms with Crippen molar-refractivity contribution in [2.75, 3.05) is 19.1 Å². The van der Waals surface area contributed by atoms with E-state index in [0.29, 0.717) is 24.9 Å². The fourth-order valence-electron chi connectivity index (χ4n) is 1.98. The molecular formula is C12H20N4O2. The second-order valence-electron chi connectivity index (χ2n) is 4.56. The third-order valence-corrected chi connectivity index (χ3v) is 3.56. The van der Waals surface area contributed by atoms with E-state index >= 15 is 0 Å². The SMILES string of the molecule is CCC(C)(OC)c1nc2c(c(NN)n1)COCC2. The Bertz CT molecular complexity index is 415. The van der Waals surface area contributed by atoms with E-state index in [1.54, 1.807) is 7.11 Å². The van der Waals surface area contributed by atoms with Crippen LogP contribution in [0.5, 0.6) is 0 Å². The topological polar surface area (TPSA) is 82.3 Å². The van der Waals surface area contributed by atoms with Crippen molar-refractivity contribution >= 4 is 5.82 Å². The van der Waals surface area contributed by atoms with Gasteiger partial charge in [-0.15, -0.1) is 0 Å². The number of nitrogens with zero attached hydrogens (tertiary/aromatic N) is 2. The lowest BCUT2D eigenvalue weighted by Crippen LogP contribution is -2.29. The summed E-state index contributed by atoms with van der Waals surface area (Å²) in [5, 5.41) is 0. The second kappa shape index (κ2) is 5.17. The minimum absolute atomic E-state index is 0.487. The number of nitrogens with two attached hydrogens (primary N) is 1. The molecule has 2 rings (SSSR count). The van der Waals surface area contributed by atoms with Gasteiger partial charge in [-0.1, -0.05) is 6.92 Å². The highest BCUT2D eigenvalue weighted by atomic mass is 16.5. The molecule has 1 atom stereocenters. The number of ether oxygens (including phenoxy) is 2. The van der Waals surface area contributed by atoms with Gasteiger partial charge in [0.05, 0.1) is 18.9 Å². The van der Waals surface area contributed by atoms with E-state index in [1.165, 1.54) is 0 Å². The van der Waals surface area contributed by atoms with Crippen LogP contribution in [-0.4, -0.2) is 23.7 Å². The van der Waals surface area contributed by atoms with Crippen molar-refractivity contribution in [1.29, 1.82) is 0 Å². The summed E-state index contributed by atoms with van der Waals surface area (Å²) in [5.74, 6) is 6.83. The minimum atomic E-state index is -0.487. The number of fused-ring (bicyclic) bond motifs is 1. The molecule has 0 saturated heterocycles. The molecule has 6 nitrogen and oxygen atoms in total. The van der Waals surface area contributed by atoms with Gasteiger partial charge in [0.2, 0.25) is 0 Å². The van der Waals surface area contributed by atoms with E-state index in [-0.39, 0.29) is 0 Å². The molecule has 3 N–H and O–H groups in total. The van der Waals surface area contributed by atoms with E-state index in [2.05, 4.69) is 15.4 Å². The summed E-state index contributed by atoms with van der Waals surface area (Å²) in [5.41, 5.74) is 4.08. The van der Waals surface area contributed by atoms with Crippen LogP contribution in [0.1, 0.15) is 37.4 Å². The van der Waals surface area contributed by atoms with Gasteiger partial charge in [0.25, 0.3) is 0 Å². The highest BCUT2D eigenvalue weighted by Crippen LogP contribution is 2.29. The predicted molar refractivity (Wildman–Crippen MR) is 67.9 cm³/mol. The molecule has 0 fully saturated rings. The molecule has 1 aromatic rings. The molecule has 1 unspecified atom stereocenters. The van der Waals surface area contributed by atoms with Gasteiger partial charge in [-0.25, -0.2) is 15.8 Å². The van der Waals surface area contributed by atoms with Crippen LogP contribution in [0.15, 0.2) is 0 Å². The van der Waals surface area contributed by atoms with Crippen LogP contribution in [0.25, 0.3) is 0 Å². The molecular weight excluding hydrogens is 232 g/mol. The molecule has 0 bridgehead atoms. The van der Waals surface area contributed by atoms with Crippen molar-refractivity contribution in [3.05, 3.63) is 17.1 Å². The lowest BCUT2D eigenvalue weighted by Gasteiger charge is -2.27. The number of hydrazine groups is 1. The normalized spacial score (nSPS) is 18.0. The van der Waals surface area contributed by atoms with Crippen molar-refractivity contribution < 1.29 is 9.47 Å². The van der Waals surface area contributed by atoms with Crippen LogP contribution in [-0.2, 0) is 28.1 Å². The first-order valence-electron chi connectivity index (χ1n) is 6.14. The summed E-state index contributed by atoms with van der Waals surface area (Å²) in [6, 6.07) is 0. The zero-order chi connectivity index (χ0) is 13.2. The van der Waals surface area contributed by atoms with Crippen LogP contribution >= 0.6 is 0 Å². The molecule has 18 heavy (non-hydrogen) atoms. The summed E-state index contributed by atoms with van der Waals surface area (Å²) in [6.07, 6.45) is 1.58. The van der Waals surface area contributed by atoms with Gasteiger partial charge in [0.1, 0.15) is 11.4 Å². The molecule has 0 aliphatic carbocycles. The molecule has 1 aliphatic rings. The largest absolute Gasteiger partial charge is 0.376 e. The summed E-state index contributed by atoms with van der Waals surface area (Å²) in [6.45, 7) is 5.22. The molecule has 0 amide bonds. The van der Waals surface area contributed by atoms with E-state index < -0.39 is 5.60 Å². The zero-order valence-electron chi connectivity index (χ0n) is 11.1. The molecule has 1 aromatic heterocycles. The van der Waals surface area contributed by atoms with E-state index in [9.17, 15) is 0 Å². The Morgan fingerprint density at radius 2 is 2.28 bits per heavy atom. The summed E-state index contributed by atoms with van der Waals surface area (Å²) in [4.78, 5) is 9.09. The Morgan fingerprint density at radius 3 is 2.89 bits per heavy atom. The monoisotopic (exact) mass is 252 g/mol. The predicted octanol–water partition coefficient (Wildman–Crippen LogP) is 1.11. The smallest absolute Gasteiger partial charge is 0.162 e. The number of anilines is 1.